The van der Waals surface area contributed by atoms with Gasteiger partial charge in [0.15, 0.2) is 0 Å². The highest BCUT2D eigenvalue weighted by atomic mass is 32.1. The van der Waals surface area contributed by atoms with Crippen LogP contribution in [-0.4, -0.2) is 11.7 Å². The molecular weight excluding hydrogens is 102 g/mol. The summed E-state index contributed by atoms with van der Waals surface area (Å²) in [5.41, 5.74) is 0. The Balaban J connectivity index is 2.99. The van der Waals surface area contributed by atoms with Gasteiger partial charge in [-0.25, -0.2) is 4.79 Å². The number of hydrogen-bond acceptors (Lipinski definition) is 4. The minimum absolute atomic E-state index is 0.0382. The van der Waals surface area contributed by atoms with E-state index in [4.69, 9.17) is 0 Å². The molecule has 0 spiro atoms. The average molecular weight is 107 g/mol. The lowest BCUT2D eigenvalue weighted by atomic mass is 10.8. The summed E-state index contributed by atoms with van der Waals surface area (Å²) in [7, 11) is 0. The molecule has 3 nitrogen and oxygen atoms in total. The fourth-order valence-electron chi connectivity index (χ4n) is 0.0373. The molecule has 0 amide bonds. The van der Waals surface area contributed by atoms with Gasteiger partial charge in [-0.3, -0.25) is 0 Å². The molecule has 0 aliphatic rings. The molecule has 2 N–H and O–H groups in total. The van der Waals surface area contributed by atoms with Gasteiger partial charge in [-0.05, 0) is 0 Å². The molecule has 0 atom stereocenters. The van der Waals surface area contributed by atoms with Crippen molar-refractivity contribution in [2.24, 2.45) is 5.90 Å². The van der Waals surface area contributed by atoms with Crippen molar-refractivity contribution in [1.82, 2.24) is 0 Å². The van der Waals surface area contributed by atoms with E-state index in [1.807, 2.05) is 0 Å². The van der Waals surface area contributed by atoms with E-state index < -0.39 is 5.97 Å². The van der Waals surface area contributed by atoms with Crippen molar-refractivity contribution in [2.45, 2.75) is 0 Å². The summed E-state index contributed by atoms with van der Waals surface area (Å²) >= 11 is 3.54. The van der Waals surface area contributed by atoms with Crippen molar-refractivity contribution in [2.75, 3.05) is 5.75 Å². The second-order valence-corrected chi connectivity index (χ2v) is 0.964. The van der Waals surface area contributed by atoms with Gasteiger partial charge >= 0.3 is 5.97 Å². The van der Waals surface area contributed by atoms with Crippen LogP contribution in [0.5, 0.6) is 0 Å². The molecule has 0 aromatic carbocycles. The zero-order chi connectivity index (χ0) is 4.99. The fourth-order valence-corrected chi connectivity index (χ4v) is 0.112. The second kappa shape index (κ2) is 2.99. The molecule has 0 aromatic rings. The Hall–Kier alpha value is -0.220. The van der Waals surface area contributed by atoms with E-state index in [2.05, 4.69) is 23.4 Å². The molecule has 0 rings (SSSR count). The minimum atomic E-state index is -0.515. The lowest BCUT2D eigenvalue weighted by Gasteiger charge is -1.85. The second-order valence-electron chi connectivity index (χ2n) is 0.648. The summed E-state index contributed by atoms with van der Waals surface area (Å²) in [5, 5.41) is 0. The Bertz CT molecular complexity index is 49.5. The van der Waals surface area contributed by atoms with Crippen LogP contribution in [0.15, 0.2) is 0 Å². The van der Waals surface area contributed by atoms with Gasteiger partial charge in [0.25, 0.3) is 0 Å². The van der Waals surface area contributed by atoms with E-state index >= 15 is 0 Å². The Kier molecular flexibility index (Phi) is 2.88. The summed E-state index contributed by atoms with van der Waals surface area (Å²) in [5.74, 6) is 3.91. The molecule has 0 saturated carbocycles. The number of carbonyl (C=O) groups excluding carboxylic acids is 1. The first kappa shape index (κ1) is 5.78. The van der Waals surface area contributed by atoms with E-state index in [-0.39, 0.29) is 5.75 Å². The predicted molar refractivity (Wildman–Crippen MR) is 24.1 cm³/mol. The van der Waals surface area contributed by atoms with Crippen LogP contribution in [0.25, 0.3) is 0 Å². The van der Waals surface area contributed by atoms with E-state index in [0.29, 0.717) is 0 Å². The number of nitrogens with two attached hydrogens (primary N) is 1. The van der Waals surface area contributed by atoms with Crippen LogP contribution in [0.4, 0.5) is 0 Å². The molecule has 0 radical (unpaired) electrons. The van der Waals surface area contributed by atoms with Crippen molar-refractivity contribution in [1.29, 1.82) is 0 Å². The normalized spacial score (nSPS) is 7.67. The van der Waals surface area contributed by atoms with Crippen LogP contribution >= 0.6 is 12.6 Å². The molecule has 0 fully saturated rings. The molecule has 6 heavy (non-hydrogen) atoms. The summed E-state index contributed by atoms with van der Waals surface area (Å²) in [6, 6.07) is 0. The van der Waals surface area contributed by atoms with Crippen LogP contribution < -0.4 is 5.90 Å². The lowest BCUT2D eigenvalue weighted by molar-refractivity contribution is -0.140. The fraction of sp³-hybridized carbons (Fsp3) is 0.500. The Morgan fingerprint density at radius 1 is 2.00 bits per heavy atom. The number of carbonyl (C=O) groups is 1. The highest BCUT2D eigenvalue weighted by Gasteiger charge is 1.89. The minimum Gasteiger partial charge on any atom is -0.373 e. The van der Waals surface area contributed by atoms with Crippen molar-refractivity contribution in [3.63, 3.8) is 0 Å². The quantitative estimate of drug-likeness (QED) is 0.345. The molecule has 0 unspecified atom stereocenters. The van der Waals surface area contributed by atoms with Crippen LogP contribution in [0.2, 0.25) is 0 Å². The predicted octanol–water partition coefficient (Wildman–Crippen LogP) is -0.667. The highest BCUT2D eigenvalue weighted by molar-refractivity contribution is 7.81. The van der Waals surface area contributed by atoms with E-state index in [1.54, 1.807) is 0 Å². The third-order valence-corrected chi connectivity index (χ3v) is 0.519. The first-order valence-electron chi connectivity index (χ1n) is 1.31. The monoisotopic (exact) mass is 107 g/mol. The standard InChI is InChI=1S/C2H5NO2S/c3-5-2(4)1-6/h6H,1,3H2. The third-order valence-electron chi connectivity index (χ3n) is 0.261. The molecule has 0 aromatic heterocycles. The van der Waals surface area contributed by atoms with E-state index in [0.717, 1.165) is 0 Å². The number of rotatable bonds is 1. The van der Waals surface area contributed by atoms with Crippen molar-refractivity contribution in [3.8, 4) is 0 Å². The van der Waals surface area contributed by atoms with Crippen molar-refractivity contribution >= 4 is 18.6 Å². The lowest BCUT2D eigenvalue weighted by Crippen LogP contribution is -2.10. The number of thiol groups is 1. The Morgan fingerprint density at radius 2 is 2.50 bits per heavy atom. The molecular formula is C2H5NO2S. The smallest absolute Gasteiger partial charge is 0.334 e. The summed E-state index contributed by atoms with van der Waals surface area (Å²) in [4.78, 5) is 13.4. The van der Waals surface area contributed by atoms with E-state index in [9.17, 15) is 4.79 Å². The molecule has 4 heteroatoms. The zero-order valence-corrected chi connectivity index (χ0v) is 3.94. The van der Waals surface area contributed by atoms with E-state index in [1.165, 1.54) is 0 Å². The Morgan fingerprint density at radius 3 is 2.50 bits per heavy atom. The first-order chi connectivity index (χ1) is 2.81. The van der Waals surface area contributed by atoms with Gasteiger partial charge in [0, 0.05) is 0 Å². The molecule has 36 valence electrons. The summed E-state index contributed by atoms with van der Waals surface area (Å²) in [6.07, 6.45) is 0. The van der Waals surface area contributed by atoms with Crippen LogP contribution in [0.3, 0.4) is 0 Å². The zero-order valence-electron chi connectivity index (χ0n) is 3.05. The first-order valence-corrected chi connectivity index (χ1v) is 1.95. The van der Waals surface area contributed by atoms with Gasteiger partial charge in [-0.2, -0.15) is 18.5 Å². The Labute approximate surface area is 40.8 Å². The maximum absolute atomic E-state index is 9.76. The molecule has 0 aliphatic heterocycles. The van der Waals surface area contributed by atoms with Crippen LogP contribution in [0.1, 0.15) is 0 Å². The molecule has 0 heterocycles. The third kappa shape index (κ3) is 2.04. The SMILES string of the molecule is NOC(=O)CS. The largest absolute Gasteiger partial charge is 0.373 e. The topological polar surface area (TPSA) is 52.3 Å². The van der Waals surface area contributed by atoms with Gasteiger partial charge in [0.2, 0.25) is 0 Å². The number of hydrogen-bond donors (Lipinski definition) is 2. The van der Waals surface area contributed by atoms with Gasteiger partial charge in [-0.1, -0.05) is 0 Å². The van der Waals surface area contributed by atoms with Crippen LogP contribution in [-0.2, 0) is 9.63 Å². The van der Waals surface area contributed by atoms with Gasteiger partial charge in [-0.15, -0.1) is 0 Å². The average Bonchev–Trinajstić information content (AvgIpc) is 1.65. The summed E-state index contributed by atoms with van der Waals surface area (Å²) < 4.78 is 0. The molecule has 0 saturated heterocycles. The van der Waals surface area contributed by atoms with Gasteiger partial charge in [0.1, 0.15) is 0 Å². The maximum Gasteiger partial charge on any atom is 0.334 e. The highest BCUT2D eigenvalue weighted by Crippen LogP contribution is 1.72. The molecule has 0 bridgehead atoms. The van der Waals surface area contributed by atoms with Gasteiger partial charge in [0.05, 0.1) is 5.75 Å². The summed E-state index contributed by atoms with van der Waals surface area (Å²) in [6.45, 7) is 0. The van der Waals surface area contributed by atoms with Gasteiger partial charge < -0.3 is 4.84 Å². The maximum atomic E-state index is 9.76. The molecule has 0 aliphatic carbocycles. The van der Waals surface area contributed by atoms with Crippen molar-refractivity contribution in [3.05, 3.63) is 0 Å². The van der Waals surface area contributed by atoms with Crippen molar-refractivity contribution < 1.29 is 9.63 Å². The van der Waals surface area contributed by atoms with Crippen LogP contribution in [0, 0.1) is 0 Å².